The highest BCUT2D eigenvalue weighted by Crippen LogP contribution is 2.60. The molecule has 3 aromatic rings. The molecule has 0 radical (unpaired) electrons. The lowest BCUT2D eigenvalue weighted by Gasteiger charge is -2.57. The van der Waals surface area contributed by atoms with Gasteiger partial charge in [0.2, 0.25) is 0 Å². The zero-order valence-electron chi connectivity index (χ0n) is 21.4. The molecule has 4 aliphatic carbocycles. The number of urea groups is 1. The molecule has 8 rings (SSSR count). The molecule has 1 N–H and O–H groups in total. The third kappa shape index (κ3) is 3.99. The van der Waals surface area contributed by atoms with Gasteiger partial charge < -0.3 is 4.42 Å². The van der Waals surface area contributed by atoms with Gasteiger partial charge in [0.15, 0.2) is 0 Å². The minimum atomic E-state index is -0.762. The van der Waals surface area contributed by atoms with Gasteiger partial charge in [-0.25, -0.2) is 9.69 Å². The van der Waals surface area contributed by atoms with Gasteiger partial charge in [-0.2, -0.15) is 5.26 Å². The van der Waals surface area contributed by atoms with E-state index in [0.29, 0.717) is 22.8 Å². The lowest BCUT2D eigenvalue weighted by atomic mass is 9.48. The molecule has 0 atom stereocenters. The molecule has 4 amide bonds. The minimum Gasteiger partial charge on any atom is -0.457 e. The van der Waals surface area contributed by atoms with Gasteiger partial charge in [0, 0.05) is 5.56 Å². The monoisotopic (exact) mass is 517 g/mol. The topological polar surface area (TPSA) is 103 Å². The van der Waals surface area contributed by atoms with Crippen molar-refractivity contribution < 1.29 is 18.8 Å². The van der Waals surface area contributed by atoms with E-state index < -0.39 is 17.8 Å². The summed E-state index contributed by atoms with van der Waals surface area (Å²) in [7, 11) is 0. The fourth-order valence-corrected chi connectivity index (χ4v) is 7.76. The molecular weight excluding hydrogens is 490 g/mol. The molecule has 1 aliphatic heterocycles. The van der Waals surface area contributed by atoms with E-state index in [4.69, 9.17) is 9.68 Å². The second-order valence-electron chi connectivity index (χ2n) is 11.6. The molecule has 1 aromatic heterocycles. The Hall–Kier alpha value is -4.44. The van der Waals surface area contributed by atoms with Crippen molar-refractivity contribution in [3.05, 3.63) is 83.1 Å². The van der Waals surface area contributed by atoms with Crippen LogP contribution in [-0.4, -0.2) is 17.8 Å². The number of rotatable bonds is 4. The number of barbiturate groups is 1. The van der Waals surface area contributed by atoms with Gasteiger partial charge in [0.05, 0.1) is 17.3 Å². The number of nitriles is 1. The molecule has 2 heterocycles. The van der Waals surface area contributed by atoms with E-state index in [0.717, 1.165) is 28.2 Å². The summed E-state index contributed by atoms with van der Waals surface area (Å²) in [5, 5.41) is 11.3. The SMILES string of the molecule is N#Cc1ccc(-c2ccc(/C=C3\C(=O)NC(=O)N(c4ccc(C56CC7CC(CC(C7)C5)C6)cc4)C3=O)o2)cc1. The predicted molar refractivity (Wildman–Crippen MR) is 144 cm³/mol. The van der Waals surface area contributed by atoms with Gasteiger partial charge >= 0.3 is 6.03 Å². The van der Waals surface area contributed by atoms with Crippen molar-refractivity contribution >= 4 is 29.6 Å². The summed E-state index contributed by atoms with van der Waals surface area (Å²) in [6, 6.07) is 19.4. The third-order valence-corrected chi connectivity index (χ3v) is 9.09. The van der Waals surface area contributed by atoms with Gasteiger partial charge in [-0.1, -0.05) is 12.1 Å². The van der Waals surface area contributed by atoms with Crippen LogP contribution in [0, 0.1) is 29.1 Å². The molecule has 5 fully saturated rings. The smallest absolute Gasteiger partial charge is 0.335 e. The van der Waals surface area contributed by atoms with Gasteiger partial charge in [-0.3, -0.25) is 14.9 Å². The van der Waals surface area contributed by atoms with Crippen molar-refractivity contribution in [2.75, 3.05) is 4.90 Å². The van der Waals surface area contributed by atoms with E-state index in [1.165, 1.54) is 50.2 Å². The van der Waals surface area contributed by atoms with Gasteiger partial charge in [0.1, 0.15) is 17.1 Å². The number of imide groups is 2. The van der Waals surface area contributed by atoms with Crippen LogP contribution in [0.2, 0.25) is 0 Å². The average molecular weight is 518 g/mol. The van der Waals surface area contributed by atoms with Crippen LogP contribution in [0.5, 0.6) is 0 Å². The largest absolute Gasteiger partial charge is 0.457 e. The van der Waals surface area contributed by atoms with Crippen LogP contribution in [0.3, 0.4) is 0 Å². The number of benzene rings is 2. The predicted octanol–water partition coefficient (Wildman–Crippen LogP) is 5.95. The number of nitrogens with zero attached hydrogens (tertiary/aromatic N) is 2. The van der Waals surface area contributed by atoms with Crippen LogP contribution in [-0.2, 0) is 15.0 Å². The maximum atomic E-state index is 13.4. The quantitative estimate of drug-likeness (QED) is 0.340. The second-order valence-corrected chi connectivity index (χ2v) is 11.6. The van der Waals surface area contributed by atoms with Crippen LogP contribution < -0.4 is 10.2 Å². The highest BCUT2D eigenvalue weighted by atomic mass is 16.3. The van der Waals surface area contributed by atoms with Crippen molar-refractivity contribution in [2.24, 2.45) is 17.8 Å². The highest BCUT2D eigenvalue weighted by Gasteiger charge is 2.51. The van der Waals surface area contributed by atoms with E-state index in [2.05, 4.69) is 23.5 Å². The third-order valence-electron chi connectivity index (χ3n) is 9.09. The van der Waals surface area contributed by atoms with E-state index in [-0.39, 0.29) is 11.0 Å². The van der Waals surface area contributed by atoms with E-state index >= 15 is 0 Å². The molecule has 7 nitrogen and oxygen atoms in total. The molecule has 2 aromatic carbocycles. The number of hydrogen-bond donors (Lipinski definition) is 1. The molecule has 194 valence electrons. The highest BCUT2D eigenvalue weighted by molar-refractivity contribution is 6.39. The maximum absolute atomic E-state index is 13.4. The number of amides is 4. The zero-order chi connectivity index (χ0) is 26.7. The van der Waals surface area contributed by atoms with Gasteiger partial charge in [-0.15, -0.1) is 0 Å². The van der Waals surface area contributed by atoms with Crippen molar-refractivity contribution in [1.82, 2.24) is 5.32 Å². The Kier molecular flexibility index (Phi) is 5.34. The van der Waals surface area contributed by atoms with Crippen LogP contribution in [0.1, 0.15) is 55.4 Å². The second kappa shape index (κ2) is 8.81. The van der Waals surface area contributed by atoms with E-state index in [9.17, 15) is 14.4 Å². The molecule has 0 spiro atoms. The lowest BCUT2D eigenvalue weighted by molar-refractivity contribution is -0.122. The summed E-state index contributed by atoms with van der Waals surface area (Å²) in [5.41, 5.74) is 3.06. The standard InChI is InChI=1S/C32H27N3O4/c33-18-19-1-3-23(4-2-19)28-10-9-26(39-28)14-27-29(36)34-31(38)35(30(27)37)25-7-5-24(6-8-25)32-15-20-11-21(16-32)13-22(12-20)17-32/h1-10,14,20-22H,11-13,15-17H2,(H,34,36,38)/b27-14+. The molecule has 4 saturated carbocycles. The maximum Gasteiger partial charge on any atom is 0.335 e. The van der Waals surface area contributed by atoms with Crippen molar-refractivity contribution in [1.29, 1.82) is 5.26 Å². The number of carbonyl (C=O) groups excluding carboxylic acids is 3. The van der Waals surface area contributed by atoms with Crippen molar-refractivity contribution in [3.63, 3.8) is 0 Å². The number of furan rings is 1. The molecule has 1 saturated heterocycles. The zero-order valence-corrected chi connectivity index (χ0v) is 21.4. The minimum absolute atomic E-state index is 0.180. The summed E-state index contributed by atoms with van der Waals surface area (Å²) < 4.78 is 5.85. The molecule has 39 heavy (non-hydrogen) atoms. The Bertz CT molecular complexity index is 1540. The first kappa shape index (κ1) is 23.7. The van der Waals surface area contributed by atoms with Crippen LogP contribution in [0.25, 0.3) is 17.4 Å². The van der Waals surface area contributed by atoms with Crippen LogP contribution in [0.15, 0.2) is 70.7 Å². The Morgan fingerprint density at radius 1 is 0.872 bits per heavy atom. The first-order chi connectivity index (χ1) is 18.9. The Balaban J connectivity index is 1.14. The Morgan fingerprint density at radius 2 is 1.51 bits per heavy atom. The van der Waals surface area contributed by atoms with Crippen molar-refractivity contribution in [2.45, 2.75) is 43.9 Å². The average Bonchev–Trinajstić information content (AvgIpc) is 3.39. The lowest BCUT2D eigenvalue weighted by Crippen LogP contribution is -2.54. The van der Waals surface area contributed by atoms with Crippen molar-refractivity contribution in [3.8, 4) is 17.4 Å². The van der Waals surface area contributed by atoms with E-state index in [1.807, 2.05) is 12.1 Å². The molecule has 4 bridgehead atoms. The summed E-state index contributed by atoms with van der Waals surface area (Å²) in [5.74, 6) is 1.85. The number of nitrogens with one attached hydrogen (secondary N) is 1. The molecular formula is C32H27N3O4. The number of hydrogen-bond acceptors (Lipinski definition) is 5. The first-order valence-corrected chi connectivity index (χ1v) is 13.5. The summed E-state index contributed by atoms with van der Waals surface area (Å²) >= 11 is 0. The van der Waals surface area contributed by atoms with E-state index in [1.54, 1.807) is 36.4 Å². The van der Waals surface area contributed by atoms with Gasteiger partial charge in [-0.05, 0) is 122 Å². The number of carbonyl (C=O) groups is 3. The fraction of sp³-hybridized carbons (Fsp3) is 0.312. The van der Waals surface area contributed by atoms with Crippen LogP contribution >= 0.6 is 0 Å². The normalized spacial score (nSPS) is 28.6. The van der Waals surface area contributed by atoms with Gasteiger partial charge in [0.25, 0.3) is 11.8 Å². The summed E-state index contributed by atoms with van der Waals surface area (Å²) in [6.07, 6.45) is 9.16. The Labute approximate surface area is 226 Å². The Morgan fingerprint density at radius 3 is 2.13 bits per heavy atom. The first-order valence-electron chi connectivity index (χ1n) is 13.5. The number of anilines is 1. The fourth-order valence-electron chi connectivity index (χ4n) is 7.76. The summed E-state index contributed by atoms with van der Waals surface area (Å²) in [6.45, 7) is 0. The molecule has 7 heteroatoms. The van der Waals surface area contributed by atoms with Crippen LogP contribution in [0.4, 0.5) is 10.5 Å². The molecule has 0 unspecified atom stereocenters. The summed E-state index contributed by atoms with van der Waals surface area (Å²) in [4.78, 5) is 39.8. The molecule has 5 aliphatic rings.